The molecule has 0 aromatic carbocycles. The summed E-state index contributed by atoms with van der Waals surface area (Å²) in [7, 11) is 0. The molecule has 2 heterocycles. The molecule has 17 heavy (non-hydrogen) atoms. The van der Waals surface area contributed by atoms with Crippen molar-refractivity contribution in [1.29, 1.82) is 0 Å². The van der Waals surface area contributed by atoms with Crippen molar-refractivity contribution in [1.82, 2.24) is 14.9 Å². The van der Waals surface area contributed by atoms with Crippen LogP contribution >= 0.6 is 0 Å². The van der Waals surface area contributed by atoms with Gasteiger partial charge in [-0.05, 0) is 12.8 Å². The van der Waals surface area contributed by atoms with E-state index in [0.717, 1.165) is 24.9 Å². The van der Waals surface area contributed by atoms with Crippen LogP contribution in [0.25, 0.3) is 0 Å². The molecule has 1 saturated heterocycles. The lowest BCUT2D eigenvalue weighted by molar-refractivity contribution is 0.247. The van der Waals surface area contributed by atoms with E-state index in [1.54, 1.807) is 12.4 Å². The fraction of sp³-hybridized carbons (Fsp3) is 0.692. The molecule has 0 amide bonds. The first-order valence-electron chi connectivity index (χ1n) is 6.68. The average molecular weight is 234 g/mol. The van der Waals surface area contributed by atoms with Crippen LogP contribution in [0.5, 0.6) is 0 Å². The number of piperazine rings is 1. The normalized spacial score (nSPS) is 20.7. The Bertz CT molecular complexity index is 315. The number of hydrogen-bond donors (Lipinski definition) is 0. The third-order valence-electron chi connectivity index (χ3n) is 3.25. The molecule has 1 saturated carbocycles. The monoisotopic (exact) mass is 234 g/mol. The van der Waals surface area contributed by atoms with Gasteiger partial charge in [-0.2, -0.15) is 0 Å². The molecule has 1 aliphatic carbocycles. The Kier molecular flexibility index (Phi) is 4.31. The zero-order chi connectivity index (χ0) is 12.1. The highest BCUT2D eigenvalue weighted by Gasteiger charge is 2.31. The first-order valence-corrected chi connectivity index (χ1v) is 6.68. The van der Waals surface area contributed by atoms with Gasteiger partial charge in [-0.25, -0.2) is 4.98 Å². The molecule has 0 unspecified atom stereocenters. The van der Waals surface area contributed by atoms with Crippen LogP contribution in [0.1, 0.15) is 26.7 Å². The molecule has 2 aliphatic rings. The van der Waals surface area contributed by atoms with Crippen molar-refractivity contribution in [2.24, 2.45) is 0 Å². The summed E-state index contributed by atoms with van der Waals surface area (Å²) < 4.78 is 0. The second-order valence-electron chi connectivity index (χ2n) is 4.32. The van der Waals surface area contributed by atoms with Crippen molar-refractivity contribution in [3.63, 3.8) is 0 Å². The first-order chi connectivity index (χ1) is 8.43. The highest BCUT2D eigenvalue weighted by atomic mass is 15.3. The minimum atomic E-state index is 0.897. The number of nitrogens with zero attached hydrogens (tertiary/aromatic N) is 4. The molecule has 0 spiro atoms. The number of rotatable bonds is 2. The van der Waals surface area contributed by atoms with E-state index in [1.807, 2.05) is 20.0 Å². The Morgan fingerprint density at radius 1 is 1.06 bits per heavy atom. The van der Waals surface area contributed by atoms with Crippen molar-refractivity contribution in [2.75, 3.05) is 31.1 Å². The molecule has 3 rings (SSSR count). The Hall–Kier alpha value is -1.16. The predicted octanol–water partition coefficient (Wildman–Crippen LogP) is 1.79. The third-order valence-corrected chi connectivity index (χ3v) is 3.25. The topological polar surface area (TPSA) is 32.3 Å². The summed E-state index contributed by atoms with van der Waals surface area (Å²) >= 11 is 0. The van der Waals surface area contributed by atoms with Crippen molar-refractivity contribution in [3.8, 4) is 0 Å². The smallest absolute Gasteiger partial charge is 0.147 e. The van der Waals surface area contributed by atoms with Crippen LogP contribution in [0.15, 0.2) is 18.6 Å². The van der Waals surface area contributed by atoms with Crippen molar-refractivity contribution in [2.45, 2.75) is 32.7 Å². The molecule has 94 valence electrons. The predicted molar refractivity (Wildman–Crippen MR) is 70.2 cm³/mol. The molecule has 0 atom stereocenters. The molecule has 1 aromatic heterocycles. The Morgan fingerprint density at radius 2 is 1.76 bits per heavy atom. The van der Waals surface area contributed by atoms with Crippen LogP contribution in [0.2, 0.25) is 0 Å². The summed E-state index contributed by atoms with van der Waals surface area (Å²) in [5, 5.41) is 0. The van der Waals surface area contributed by atoms with Gasteiger partial charge in [0.15, 0.2) is 0 Å². The summed E-state index contributed by atoms with van der Waals surface area (Å²) in [4.78, 5) is 13.4. The number of anilines is 1. The Morgan fingerprint density at radius 3 is 2.29 bits per heavy atom. The van der Waals surface area contributed by atoms with E-state index in [1.165, 1.54) is 25.9 Å². The molecule has 1 aromatic rings. The molecule has 4 nitrogen and oxygen atoms in total. The van der Waals surface area contributed by atoms with Crippen LogP contribution in [-0.2, 0) is 0 Å². The lowest BCUT2D eigenvalue weighted by atomic mass is 10.3. The number of aromatic nitrogens is 2. The summed E-state index contributed by atoms with van der Waals surface area (Å²) in [6.45, 7) is 8.55. The van der Waals surface area contributed by atoms with E-state index < -0.39 is 0 Å². The average Bonchev–Trinajstić information content (AvgIpc) is 3.27. The second-order valence-corrected chi connectivity index (χ2v) is 4.32. The standard InChI is InChI=1S/C11H16N4.C2H6/c1-2-10(1)14-5-7-15(8-6-14)11-9-12-3-4-13-11;1-2/h3-4,9-10H,1-2,5-8H2;1-2H3. The molecule has 0 bridgehead atoms. The Labute approximate surface area is 104 Å². The van der Waals surface area contributed by atoms with Gasteiger partial charge in [0.2, 0.25) is 0 Å². The van der Waals surface area contributed by atoms with Crippen molar-refractivity contribution < 1.29 is 0 Å². The van der Waals surface area contributed by atoms with Crippen molar-refractivity contribution in [3.05, 3.63) is 18.6 Å². The summed E-state index contributed by atoms with van der Waals surface area (Å²) in [5.74, 6) is 1.02. The van der Waals surface area contributed by atoms with Crippen LogP contribution < -0.4 is 4.90 Å². The van der Waals surface area contributed by atoms with Gasteiger partial charge in [0.1, 0.15) is 5.82 Å². The lowest BCUT2D eigenvalue weighted by Gasteiger charge is -2.35. The Balaban J connectivity index is 0.000000514. The van der Waals surface area contributed by atoms with Gasteiger partial charge in [-0.3, -0.25) is 9.88 Å². The maximum absolute atomic E-state index is 4.33. The minimum Gasteiger partial charge on any atom is -0.353 e. The van der Waals surface area contributed by atoms with E-state index in [9.17, 15) is 0 Å². The minimum absolute atomic E-state index is 0.897. The van der Waals surface area contributed by atoms with Gasteiger partial charge in [-0.1, -0.05) is 13.8 Å². The molecule has 2 fully saturated rings. The van der Waals surface area contributed by atoms with E-state index in [-0.39, 0.29) is 0 Å². The van der Waals surface area contributed by atoms with E-state index >= 15 is 0 Å². The van der Waals surface area contributed by atoms with Crippen LogP contribution in [0.4, 0.5) is 5.82 Å². The zero-order valence-electron chi connectivity index (χ0n) is 10.8. The molecule has 4 heteroatoms. The summed E-state index contributed by atoms with van der Waals surface area (Å²) in [6.07, 6.45) is 8.16. The van der Waals surface area contributed by atoms with E-state index in [2.05, 4.69) is 19.8 Å². The van der Waals surface area contributed by atoms with Crippen LogP contribution in [0, 0.1) is 0 Å². The van der Waals surface area contributed by atoms with Crippen LogP contribution in [-0.4, -0.2) is 47.1 Å². The van der Waals surface area contributed by atoms with Gasteiger partial charge in [0.05, 0.1) is 6.20 Å². The highest BCUT2D eigenvalue weighted by Crippen LogP contribution is 2.27. The molecule has 0 N–H and O–H groups in total. The van der Waals surface area contributed by atoms with Gasteiger partial charge < -0.3 is 4.90 Å². The lowest BCUT2D eigenvalue weighted by Crippen LogP contribution is -2.47. The summed E-state index contributed by atoms with van der Waals surface area (Å²) in [6, 6.07) is 0.897. The number of hydrogen-bond acceptors (Lipinski definition) is 4. The van der Waals surface area contributed by atoms with Gasteiger partial charge >= 0.3 is 0 Å². The van der Waals surface area contributed by atoms with Gasteiger partial charge in [0.25, 0.3) is 0 Å². The SMILES string of the molecule is CC.c1cnc(N2CCN(C3CC3)CC2)cn1. The maximum Gasteiger partial charge on any atom is 0.147 e. The van der Waals surface area contributed by atoms with Crippen molar-refractivity contribution >= 4 is 5.82 Å². The van der Waals surface area contributed by atoms with E-state index in [0.29, 0.717) is 0 Å². The van der Waals surface area contributed by atoms with Gasteiger partial charge in [0, 0.05) is 44.6 Å². The fourth-order valence-corrected chi connectivity index (χ4v) is 2.21. The summed E-state index contributed by atoms with van der Waals surface area (Å²) in [5.41, 5.74) is 0. The van der Waals surface area contributed by atoms with E-state index in [4.69, 9.17) is 0 Å². The van der Waals surface area contributed by atoms with Gasteiger partial charge in [-0.15, -0.1) is 0 Å². The molecular weight excluding hydrogens is 212 g/mol. The maximum atomic E-state index is 4.33. The first kappa shape index (κ1) is 12.3. The highest BCUT2D eigenvalue weighted by molar-refractivity contribution is 5.35. The third kappa shape index (κ3) is 3.16. The fourth-order valence-electron chi connectivity index (χ4n) is 2.21. The largest absolute Gasteiger partial charge is 0.353 e. The quantitative estimate of drug-likeness (QED) is 0.781. The molecule has 0 radical (unpaired) electrons. The van der Waals surface area contributed by atoms with Crippen LogP contribution in [0.3, 0.4) is 0 Å². The molecule has 1 aliphatic heterocycles. The zero-order valence-corrected chi connectivity index (χ0v) is 10.8. The molecular formula is C13H22N4. The second kappa shape index (κ2) is 5.96.